The SMILES string of the molecule is CCS(=O)(=O)NCCNC(=O)N(C)C. The quantitative estimate of drug-likeness (QED) is 0.599. The second-order valence-electron chi connectivity index (χ2n) is 2.92. The third-order valence-electron chi connectivity index (χ3n) is 1.51. The standard InChI is InChI=1S/C7H17N3O3S/c1-4-14(12,13)9-6-5-8-7(11)10(2)3/h9H,4-6H2,1-3H3,(H,8,11). The van der Waals surface area contributed by atoms with E-state index in [4.69, 9.17) is 0 Å². The number of hydrogen-bond donors (Lipinski definition) is 2. The molecule has 0 rings (SSSR count). The maximum atomic E-state index is 11.0. The summed E-state index contributed by atoms with van der Waals surface area (Å²) in [5.41, 5.74) is 0. The highest BCUT2D eigenvalue weighted by Crippen LogP contribution is 1.80. The van der Waals surface area contributed by atoms with Crippen molar-refractivity contribution in [2.24, 2.45) is 0 Å². The molecule has 0 bridgehead atoms. The van der Waals surface area contributed by atoms with Gasteiger partial charge in [0.15, 0.2) is 0 Å². The minimum Gasteiger partial charge on any atom is -0.337 e. The third kappa shape index (κ3) is 5.76. The first-order valence-electron chi connectivity index (χ1n) is 4.31. The summed E-state index contributed by atoms with van der Waals surface area (Å²) in [6.45, 7) is 2.06. The molecule has 0 spiro atoms. The first kappa shape index (κ1) is 13.2. The van der Waals surface area contributed by atoms with Crippen LogP contribution >= 0.6 is 0 Å². The summed E-state index contributed by atoms with van der Waals surface area (Å²) in [5, 5.41) is 2.54. The fourth-order valence-electron chi connectivity index (χ4n) is 0.636. The Morgan fingerprint density at radius 1 is 1.29 bits per heavy atom. The molecule has 2 N–H and O–H groups in total. The molecule has 0 saturated heterocycles. The van der Waals surface area contributed by atoms with Gasteiger partial charge in [-0.1, -0.05) is 0 Å². The van der Waals surface area contributed by atoms with Gasteiger partial charge in [0.05, 0.1) is 5.75 Å². The molecule has 0 atom stereocenters. The van der Waals surface area contributed by atoms with Gasteiger partial charge in [0.1, 0.15) is 0 Å². The van der Waals surface area contributed by atoms with Gasteiger partial charge < -0.3 is 10.2 Å². The van der Waals surface area contributed by atoms with E-state index in [1.54, 1.807) is 21.0 Å². The van der Waals surface area contributed by atoms with Gasteiger partial charge in [-0.3, -0.25) is 0 Å². The molecule has 0 radical (unpaired) electrons. The molecule has 0 saturated carbocycles. The zero-order chi connectivity index (χ0) is 11.2. The van der Waals surface area contributed by atoms with Crippen LogP contribution in [0, 0.1) is 0 Å². The number of urea groups is 1. The second kappa shape index (κ2) is 5.82. The van der Waals surface area contributed by atoms with Crippen molar-refractivity contribution < 1.29 is 13.2 Å². The predicted octanol–water partition coefficient (Wildman–Crippen LogP) is -0.803. The molecule has 0 unspecified atom stereocenters. The second-order valence-corrected chi connectivity index (χ2v) is 5.02. The summed E-state index contributed by atoms with van der Waals surface area (Å²) < 4.78 is 24.2. The Labute approximate surface area is 84.7 Å². The molecule has 0 aromatic heterocycles. The minimum absolute atomic E-state index is 0.0502. The molecule has 0 aromatic carbocycles. The van der Waals surface area contributed by atoms with Gasteiger partial charge in [0.25, 0.3) is 0 Å². The van der Waals surface area contributed by atoms with Crippen LogP contribution in [0.15, 0.2) is 0 Å². The van der Waals surface area contributed by atoms with Crippen molar-refractivity contribution in [1.82, 2.24) is 14.9 Å². The molecule has 0 aliphatic carbocycles. The van der Waals surface area contributed by atoms with Crippen LogP contribution < -0.4 is 10.0 Å². The summed E-state index contributed by atoms with van der Waals surface area (Å²) in [4.78, 5) is 12.4. The molecular formula is C7H17N3O3S. The molecule has 2 amide bonds. The van der Waals surface area contributed by atoms with E-state index < -0.39 is 10.0 Å². The number of carbonyl (C=O) groups excluding carboxylic acids is 1. The molecular weight excluding hydrogens is 206 g/mol. The zero-order valence-electron chi connectivity index (χ0n) is 8.70. The average Bonchev–Trinajstić information content (AvgIpc) is 2.12. The normalized spacial score (nSPS) is 11.1. The van der Waals surface area contributed by atoms with Crippen LogP contribution in [0.5, 0.6) is 0 Å². The van der Waals surface area contributed by atoms with Crippen LogP contribution in [0.2, 0.25) is 0 Å². The van der Waals surface area contributed by atoms with E-state index in [1.807, 2.05) is 0 Å². The number of nitrogens with one attached hydrogen (secondary N) is 2. The molecule has 84 valence electrons. The van der Waals surface area contributed by atoms with Crippen molar-refractivity contribution in [2.75, 3.05) is 32.9 Å². The number of amides is 2. The van der Waals surface area contributed by atoms with Crippen LogP contribution in [0.25, 0.3) is 0 Å². The Hall–Kier alpha value is -0.820. The van der Waals surface area contributed by atoms with Crippen LogP contribution in [-0.4, -0.2) is 52.3 Å². The number of hydrogen-bond acceptors (Lipinski definition) is 3. The first-order chi connectivity index (χ1) is 6.39. The van der Waals surface area contributed by atoms with E-state index in [0.29, 0.717) is 0 Å². The number of rotatable bonds is 5. The van der Waals surface area contributed by atoms with Crippen molar-refractivity contribution in [3.05, 3.63) is 0 Å². The highest BCUT2D eigenvalue weighted by atomic mass is 32.2. The summed E-state index contributed by atoms with van der Waals surface area (Å²) in [7, 11) is 0.0806. The Morgan fingerprint density at radius 3 is 2.29 bits per heavy atom. The molecule has 0 heterocycles. The van der Waals surface area contributed by atoms with Crippen molar-refractivity contribution in [3.8, 4) is 0 Å². The number of nitrogens with zero attached hydrogens (tertiary/aromatic N) is 1. The smallest absolute Gasteiger partial charge is 0.316 e. The van der Waals surface area contributed by atoms with Gasteiger partial charge >= 0.3 is 6.03 Å². The number of sulfonamides is 1. The van der Waals surface area contributed by atoms with E-state index in [1.165, 1.54) is 4.90 Å². The predicted molar refractivity (Wildman–Crippen MR) is 54.5 cm³/mol. The van der Waals surface area contributed by atoms with Crippen molar-refractivity contribution >= 4 is 16.1 Å². The van der Waals surface area contributed by atoms with Crippen LogP contribution in [0.4, 0.5) is 4.79 Å². The summed E-state index contributed by atoms with van der Waals surface area (Å²) >= 11 is 0. The first-order valence-corrected chi connectivity index (χ1v) is 5.96. The van der Waals surface area contributed by atoms with Gasteiger partial charge in [0.2, 0.25) is 10.0 Å². The Balaban J connectivity index is 3.63. The van der Waals surface area contributed by atoms with Crippen molar-refractivity contribution in [3.63, 3.8) is 0 Å². The van der Waals surface area contributed by atoms with Crippen LogP contribution in [0.1, 0.15) is 6.92 Å². The third-order valence-corrected chi connectivity index (χ3v) is 2.91. The lowest BCUT2D eigenvalue weighted by Gasteiger charge is -2.11. The van der Waals surface area contributed by atoms with Gasteiger partial charge in [-0.2, -0.15) is 0 Å². The topological polar surface area (TPSA) is 78.5 Å². The van der Waals surface area contributed by atoms with E-state index in [9.17, 15) is 13.2 Å². The van der Waals surface area contributed by atoms with Crippen LogP contribution in [-0.2, 0) is 10.0 Å². The number of carbonyl (C=O) groups is 1. The largest absolute Gasteiger partial charge is 0.337 e. The maximum Gasteiger partial charge on any atom is 0.316 e. The zero-order valence-corrected chi connectivity index (χ0v) is 9.52. The Morgan fingerprint density at radius 2 is 1.86 bits per heavy atom. The lowest BCUT2D eigenvalue weighted by molar-refractivity contribution is 0.217. The fourth-order valence-corrected chi connectivity index (χ4v) is 1.25. The van der Waals surface area contributed by atoms with E-state index in [0.717, 1.165) is 0 Å². The average molecular weight is 223 g/mol. The van der Waals surface area contributed by atoms with E-state index in [-0.39, 0.29) is 24.9 Å². The highest BCUT2D eigenvalue weighted by Gasteiger charge is 2.05. The van der Waals surface area contributed by atoms with E-state index >= 15 is 0 Å². The molecule has 7 heteroatoms. The fraction of sp³-hybridized carbons (Fsp3) is 0.857. The Bertz CT molecular complexity index is 274. The Kier molecular flexibility index (Phi) is 5.47. The lowest BCUT2D eigenvalue weighted by Crippen LogP contribution is -2.39. The van der Waals surface area contributed by atoms with Gasteiger partial charge in [-0.25, -0.2) is 17.9 Å². The molecule has 14 heavy (non-hydrogen) atoms. The van der Waals surface area contributed by atoms with E-state index in [2.05, 4.69) is 10.0 Å². The molecule has 0 aliphatic rings. The highest BCUT2D eigenvalue weighted by molar-refractivity contribution is 7.89. The van der Waals surface area contributed by atoms with Gasteiger partial charge in [-0.05, 0) is 6.92 Å². The molecule has 0 fully saturated rings. The lowest BCUT2D eigenvalue weighted by atomic mass is 10.6. The summed E-state index contributed by atoms with van der Waals surface area (Å²) in [6.07, 6.45) is 0. The van der Waals surface area contributed by atoms with Crippen molar-refractivity contribution in [1.29, 1.82) is 0 Å². The summed E-state index contributed by atoms with van der Waals surface area (Å²) in [6, 6.07) is -0.235. The monoisotopic (exact) mass is 223 g/mol. The minimum atomic E-state index is -3.15. The maximum absolute atomic E-state index is 11.0. The van der Waals surface area contributed by atoms with Gasteiger partial charge in [0, 0.05) is 27.2 Å². The van der Waals surface area contributed by atoms with Crippen molar-refractivity contribution in [2.45, 2.75) is 6.92 Å². The van der Waals surface area contributed by atoms with Crippen LogP contribution in [0.3, 0.4) is 0 Å². The van der Waals surface area contributed by atoms with Gasteiger partial charge in [-0.15, -0.1) is 0 Å². The molecule has 0 aromatic rings. The molecule has 6 nitrogen and oxygen atoms in total. The molecule has 0 aliphatic heterocycles. The summed E-state index contributed by atoms with van der Waals surface area (Å²) in [5.74, 6) is 0.0502.